The lowest BCUT2D eigenvalue weighted by Gasteiger charge is -2.11. The zero-order chi connectivity index (χ0) is 17.9. The Hall–Kier alpha value is -1.61. The minimum atomic E-state index is -4.61. The number of halogens is 6. The van der Waals surface area contributed by atoms with Crippen molar-refractivity contribution in [3.8, 4) is 0 Å². The van der Waals surface area contributed by atoms with Crippen LogP contribution in [0.4, 0.5) is 28.0 Å². The molecule has 2 rings (SSSR count). The van der Waals surface area contributed by atoms with Gasteiger partial charge in [0, 0.05) is 21.1 Å². The van der Waals surface area contributed by atoms with Crippen molar-refractivity contribution in [2.75, 3.05) is 5.32 Å². The molecule has 9 heteroatoms. The average Bonchev–Trinajstić information content (AvgIpc) is 2.48. The van der Waals surface area contributed by atoms with Crippen molar-refractivity contribution in [3.63, 3.8) is 0 Å². The van der Waals surface area contributed by atoms with Crippen LogP contribution in [-0.4, -0.2) is 6.03 Å². The summed E-state index contributed by atoms with van der Waals surface area (Å²) in [6, 6.07) is 6.64. The minimum absolute atomic E-state index is 0.0481. The number of urea groups is 1. The van der Waals surface area contributed by atoms with Gasteiger partial charge in [-0.25, -0.2) is 9.18 Å². The van der Waals surface area contributed by atoms with Crippen molar-refractivity contribution in [2.24, 2.45) is 0 Å². The predicted octanol–water partition coefficient (Wildman–Crippen LogP) is 5.69. The summed E-state index contributed by atoms with van der Waals surface area (Å²) < 4.78 is 52.5. The summed E-state index contributed by atoms with van der Waals surface area (Å²) in [4.78, 5) is 11.8. The van der Waals surface area contributed by atoms with E-state index in [0.717, 1.165) is 16.6 Å². The summed E-state index contributed by atoms with van der Waals surface area (Å²) in [5.41, 5.74) is -0.636. The monoisotopic (exact) mass is 468 g/mol. The van der Waals surface area contributed by atoms with Crippen LogP contribution in [0.5, 0.6) is 0 Å². The van der Waals surface area contributed by atoms with Crippen LogP contribution in [0.2, 0.25) is 0 Å². The molecular weight excluding hydrogens is 460 g/mol. The van der Waals surface area contributed by atoms with E-state index in [2.05, 4.69) is 42.5 Å². The molecule has 0 aliphatic rings. The van der Waals surface area contributed by atoms with E-state index in [-0.39, 0.29) is 12.1 Å². The van der Waals surface area contributed by atoms with E-state index in [9.17, 15) is 22.4 Å². The molecule has 0 saturated heterocycles. The average molecular weight is 470 g/mol. The van der Waals surface area contributed by atoms with Crippen molar-refractivity contribution in [2.45, 2.75) is 12.7 Å². The predicted molar refractivity (Wildman–Crippen MR) is 89.1 cm³/mol. The van der Waals surface area contributed by atoms with Crippen molar-refractivity contribution in [1.29, 1.82) is 0 Å². The summed E-state index contributed by atoms with van der Waals surface area (Å²) in [6.07, 6.45) is -4.61. The quantitative estimate of drug-likeness (QED) is 0.557. The number of benzene rings is 2. The Morgan fingerprint density at radius 2 is 1.79 bits per heavy atom. The lowest BCUT2D eigenvalue weighted by atomic mass is 10.1. The molecular formula is C15H10Br2F4N2O. The van der Waals surface area contributed by atoms with Crippen molar-refractivity contribution in [3.05, 3.63) is 62.3 Å². The largest absolute Gasteiger partial charge is 0.416 e. The molecule has 24 heavy (non-hydrogen) atoms. The van der Waals surface area contributed by atoms with Gasteiger partial charge in [-0.2, -0.15) is 13.2 Å². The Morgan fingerprint density at radius 3 is 2.38 bits per heavy atom. The number of rotatable bonds is 3. The Balaban J connectivity index is 1.99. The van der Waals surface area contributed by atoms with Gasteiger partial charge in [-0.15, -0.1) is 0 Å². The van der Waals surface area contributed by atoms with Gasteiger partial charge < -0.3 is 10.6 Å². The maximum Gasteiger partial charge on any atom is 0.416 e. The van der Waals surface area contributed by atoms with Gasteiger partial charge in [-0.3, -0.25) is 0 Å². The highest BCUT2D eigenvalue weighted by atomic mass is 79.9. The van der Waals surface area contributed by atoms with Gasteiger partial charge in [0.15, 0.2) is 0 Å². The van der Waals surface area contributed by atoms with E-state index >= 15 is 0 Å². The Labute approximate surface area is 151 Å². The number of amides is 2. The first-order valence-electron chi connectivity index (χ1n) is 6.52. The van der Waals surface area contributed by atoms with Crippen molar-refractivity contribution < 1.29 is 22.4 Å². The molecule has 2 aromatic rings. The second kappa shape index (κ2) is 7.52. The smallest absolute Gasteiger partial charge is 0.334 e. The summed E-state index contributed by atoms with van der Waals surface area (Å²) >= 11 is 6.54. The van der Waals surface area contributed by atoms with Gasteiger partial charge in [-0.05, 0) is 46.3 Å². The van der Waals surface area contributed by atoms with Crippen LogP contribution in [-0.2, 0) is 12.7 Å². The Bertz CT molecular complexity index is 766. The first-order chi connectivity index (χ1) is 11.2. The van der Waals surface area contributed by atoms with Gasteiger partial charge in [0.2, 0.25) is 0 Å². The maximum absolute atomic E-state index is 13.7. The lowest BCUT2D eigenvalue weighted by molar-refractivity contribution is -0.137. The van der Waals surface area contributed by atoms with E-state index in [1.54, 1.807) is 18.2 Å². The topological polar surface area (TPSA) is 41.1 Å². The van der Waals surface area contributed by atoms with E-state index in [1.165, 1.54) is 0 Å². The molecule has 2 N–H and O–H groups in total. The minimum Gasteiger partial charge on any atom is -0.334 e. The van der Waals surface area contributed by atoms with Gasteiger partial charge in [0.1, 0.15) is 5.82 Å². The van der Waals surface area contributed by atoms with Crippen LogP contribution in [0.3, 0.4) is 0 Å². The molecule has 0 bridgehead atoms. The molecule has 128 valence electrons. The highest BCUT2D eigenvalue weighted by molar-refractivity contribution is 9.11. The lowest BCUT2D eigenvalue weighted by Crippen LogP contribution is -2.28. The third-order valence-electron chi connectivity index (χ3n) is 3.00. The number of hydrogen-bond acceptors (Lipinski definition) is 1. The number of carbonyl (C=O) groups is 1. The standard InChI is InChI=1S/C15H10Br2F4N2O/c16-10-3-4-13(11(17)6-10)23-14(24)22-7-8-1-2-9(5-12(8)18)15(19,20)21/h1-6H,7H2,(H2,22,23,24). The third kappa shape index (κ3) is 4.94. The van der Waals surface area contributed by atoms with Gasteiger partial charge in [0.05, 0.1) is 11.3 Å². The maximum atomic E-state index is 13.7. The normalized spacial score (nSPS) is 11.2. The summed E-state index contributed by atoms with van der Waals surface area (Å²) in [5.74, 6) is -1.03. The van der Waals surface area contributed by atoms with E-state index < -0.39 is 23.6 Å². The van der Waals surface area contributed by atoms with Gasteiger partial charge in [-0.1, -0.05) is 22.0 Å². The van der Waals surface area contributed by atoms with Crippen LogP contribution in [0.1, 0.15) is 11.1 Å². The van der Waals surface area contributed by atoms with E-state index in [4.69, 9.17) is 0 Å². The van der Waals surface area contributed by atoms with Crippen LogP contribution in [0, 0.1) is 5.82 Å². The molecule has 0 atom stereocenters. The Kier molecular flexibility index (Phi) is 5.87. The molecule has 0 aromatic heterocycles. The van der Waals surface area contributed by atoms with Crippen molar-refractivity contribution in [1.82, 2.24) is 5.32 Å². The SMILES string of the molecule is O=C(NCc1ccc(C(F)(F)F)cc1F)Nc1ccc(Br)cc1Br. The molecule has 2 aromatic carbocycles. The molecule has 0 heterocycles. The zero-order valence-electron chi connectivity index (χ0n) is 11.8. The van der Waals surface area contributed by atoms with E-state index in [0.29, 0.717) is 16.2 Å². The fourth-order valence-corrected chi connectivity index (χ4v) is 2.95. The van der Waals surface area contributed by atoms with Crippen LogP contribution >= 0.6 is 31.9 Å². The number of hydrogen-bond donors (Lipinski definition) is 2. The molecule has 0 aliphatic heterocycles. The second-order valence-corrected chi connectivity index (χ2v) is 6.51. The summed E-state index contributed by atoms with van der Waals surface area (Å²) in [7, 11) is 0. The molecule has 0 fully saturated rings. The molecule has 0 aliphatic carbocycles. The molecule has 0 saturated carbocycles. The van der Waals surface area contributed by atoms with E-state index in [1.807, 2.05) is 0 Å². The number of alkyl halides is 3. The molecule has 0 radical (unpaired) electrons. The Morgan fingerprint density at radius 1 is 1.08 bits per heavy atom. The van der Waals surface area contributed by atoms with Crippen LogP contribution in [0.25, 0.3) is 0 Å². The fourth-order valence-electron chi connectivity index (χ4n) is 1.80. The summed E-state index contributed by atoms with van der Waals surface area (Å²) in [5, 5.41) is 4.93. The first kappa shape index (κ1) is 18.7. The van der Waals surface area contributed by atoms with Crippen LogP contribution in [0.15, 0.2) is 45.3 Å². The molecule has 2 amide bonds. The molecule has 0 unspecified atom stereocenters. The number of anilines is 1. The highest BCUT2D eigenvalue weighted by Crippen LogP contribution is 2.30. The molecule has 0 spiro atoms. The number of nitrogens with one attached hydrogen (secondary N) is 2. The third-order valence-corrected chi connectivity index (χ3v) is 4.15. The van der Waals surface area contributed by atoms with Gasteiger partial charge >= 0.3 is 12.2 Å². The van der Waals surface area contributed by atoms with Crippen LogP contribution < -0.4 is 10.6 Å². The van der Waals surface area contributed by atoms with Gasteiger partial charge in [0.25, 0.3) is 0 Å². The molecule has 3 nitrogen and oxygen atoms in total. The number of carbonyl (C=O) groups excluding carboxylic acids is 1. The zero-order valence-corrected chi connectivity index (χ0v) is 15.0. The highest BCUT2D eigenvalue weighted by Gasteiger charge is 2.31. The second-order valence-electron chi connectivity index (χ2n) is 4.74. The van der Waals surface area contributed by atoms with Crippen molar-refractivity contribution >= 4 is 43.6 Å². The summed E-state index contributed by atoms with van der Waals surface area (Å²) in [6.45, 7) is -0.246. The fraction of sp³-hybridized carbons (Fsp3) is 0.133. The first-order valence-corrected chi connectivity index (χ1v) is 8.11.